The lowest BCUT2D eigenvalue weighted by molar-refractivity contribution is 0.0697. The number of aromatic nitrogens is 2. The maximum Gasteiger partial charge on any atom is 0.335 e. The van der Waals surface area contributed by atoms with Gasteiger partial charge in [0.15, 0.2) is 0 Å². The number of nitrogens with zero attached hydrogens (tertiary/aromatic N) is 3. The average Bonchev–Trinajstić information content (AvgIpc) is 3.30. The van der Waals surface area contributed by atoms with Crippen LogP contribution in [0.3, 0.4) is 0 Å². The summed E-state index contributed by atoms with van der Waals surface area (Å²) in [4.78, 5) is 15.8. The topological polar surface area (TPSA) is 81.7 Å². The number of hydrogen-bond donors (Lipinski definition) is 2. The SMILES string of the molecule is COCC[C@@]1(C)CN(c2ccc(C(=O)O)cc2)c2cc3[nH]ncc3cc2N1c1ccc(F)cc1. The summed E-state index contributed by atoms with van der Waals surface area (Å²) in [6.07, 6.45) is 2.50. The van der Waals surface area contributed by atoms with E-state index in [0.717, 1.165) is 33.7 Å². The summed E-state index contributed by atoms with van der Waals surface area (Å²) in [6.45, 7) is 3.31. The molecule has 0 bridgehead atoms. The van der Waals surface area contributed by atoms with Crippen LogP contribution >= 0.6 is 0 Å². The Balaban J connectivity index is 1.72. The third-order valence-corrected chi connectivity index (χ3v) is 6.46. The van der Waals surface area contributed by atoms with Crippen molar-refractivity contribution in [3.63, 3.8) is 0 Å². The van der Waals surface area contributed by atoms with Crippen LogP contribution in [0.4, 0.5) is 27.1 Å². The fraction of sp³-hybridized carbons (Fsp3) is 0.231. The highest BCUT2D eigenvalue weighted by atomic mass is 19.1. The molecule has 0 spiro atoms. The average molecular weight is 461 g/mol. The van der Waals surface area contributed by atoms with Gasteiger partial charge >= 0.3 is 5.97 Å². The molecule has 0 saturated heterocycles. The Kier molecular flexibility index (Phi) is 5.45. The largest absolute Gasteiger partial charge is 0.478 e. The molecule has 1 aliphatic heterocycles. The van der Waals surface area contributed by atoms with Gasteiger partial charge in [0.1, 0.15) is 5.82 Å². The third kappa shape index (κ3) is 3.76. The number of aromatic amines is 1. The number of fused-ring (bicyclic) bond motifs is 2. The van der Waals surface area contributed by atoms with Gasteiger partial charge in [-0.25, -0.2) is 9.18 Å². The maximum atomic E-state index is 13.8. The van der Waals surface area contributed by atoms with Crippen LogP contribution in [0.5, 0.6) is 0 Å². The Morgan fingerprint density at radius 3 is 2.50 bits per heavy atom. The zero-order valence-corrected chi connectivity index (χ0v) is 19.0. The molecular formula is C26H25FN4O3. The first-order valence-corrected chi connectivity index (χ1v) is 11.0. The normalized spacial score (nSPS) is 17.7. The number of carboxylic acids is 1. The minimum Gasteiger partial charge on any atom is -0.478 e. The number of benzene rings is 3. The Labute approximate surface area is 196 Å². The summed E-state index contributed by atoms with van der Waals surface area (Å²) in [5, 5.41) is 17.5. The van der Waals surface area contributed by atoms with Gasteiger partial charge in [0.25, 0.3) is 0 Å². The predicted molar refractivity (Wildman–Crippen MR) is 130 cm³/mol. The van der Waals surface area contributed by atoms with Crippen molar-refractivity contribution in [2.75, 3.05) is 30.1 Å². The summed E-state index contributed by atoms with van der Waals surface area (Å²) in [7, 11) is 1.68. The Bertz CT molecular complexity index is 1340. The molecule has 5 rings (SSSR count). The number of ether oxygens (including phenoxy) is 1. The van der Waals surface area contributed by atoms with E-state index in [4.69, 9.17) is 4.74 Å². The van der Waals surface area contributed by atoms with E-state index in [9.17, 15) is 14.3 Å². The molecule has 0 unspecified atom stereocenters. The maximum absolute atomic E-state index is 13.8. The molecule has 1 aliphatic rings. The third-order valence-electron chi connectivity index (χ3n) is 6.46. The van der Waals surface area contributed by atoms with Crippen LogP contribution in [-0.2, 0) is 4.74 Å². The number of carbonyl (C=O) groups is 1. The highest BCUT2D eigenvalue weighted by Crippen LogP contribution is 2.49. The number of nitrogens with one attached hydrogen (secondary N) is 1. The second kappa shape index (κ2) is 8.46. The molecule has 34 heavy (non-hydrogen) atoms. The second-order valence-electron chi connectivity index (χ2n) is 8.79. The van der Waals surface area contributed by atoms with E-state index in [1.165, 1.54) is 12.1 Å². The van der Waals surface area contributed by atoms with Crippen LogP contribution in [0, 0.1) is 5.82 Å². The first-order valence-electron chi connectivity index (χ1n) is 11.0. The number of halogens is 1. The van der Waals surface area contributed by atoms with Crippen LogP contribution in [-0.4, -0.2) is 47.1 Å². The fourth-order valence-electron chi connectivity index (χ4n) is 4.72. The second-order valence-corrected chi connectivity index (χ2v) is 8.79. The number of H-pyrrole nitrogens is 1. The standard InChI is InChI=1S/C26H25FN4O3/c1-26(11-12-34-2)16-30(20-7-3-17(4-8-20)25(32)33)23-14-22-18(15-28-29-22)13-24(23)31(26)21-9-5-19(27)6-10-21/h3-10,13-15H,11-12,16H2,1-2H3,(H,28,29)(H,32,33)/t26-/m0/s1. The zero-order valence-electron chi connectivity index (χ0n) is 19.0. The highest BCUT2D eigenvalue weighted by molar-refractivity contribution is 5.96. The van der Waals surface area contributed by atoms with Crippen molar-refractivity contribution in [3.8, 4) is 0 Å². The number of anilines is 4. The molecule has 1 aromatic heterocycles. The minimum atomic E-state index is -0.961. The van der Waals surface area contributed by atoms with Crippen molar-refractivity contribution >= 4 is 39.6 Å². The molecule has 174 valence electrons. The molecule has 0 saturated carbocycles. The Hall–Kier alpha value is -3.91. The van der Waals surface area contributed by atoms with Crippen molar-refractivity contribution < 1.29 is 19.0 Å². The first-order chi connectivity index (χ1) is 16.4. The summed E-state index contributed by atoms with van der Waals surface area (Å²) >= 11 is 0. The van der Waals surface area contributed by atoms with Gasteiger partial charge in [0, 0.05) is 37.0 Å². The number of rotatable bonds is 6. The smallest absolute Gasteiger partial charge is 0.335 e. The lowest BCUT2D eigenvalue weighted by atomic mass is 9.88. The molecule has 2 N–H and O–H groups in total. The van der Waals surface area contributed by atoms with Crippen molar-refractivity contribution in [1.82, 2.24) is 10.2 Å². The Morgan fingerprint density at radius 1 is 1.12 bits per heavy atom. The molecule has 4 aromatic rings. The van der Waals surface area contributed by atoms with E-state index >= 15 is 0 Å². The quantitative estimate of drug-likeness (QED) is 0.396. The summed E-state index contributed by atoms with van der Waals surface area (Å²) < 4.78 is 19.2. The van der Waals surface area contributed by atoms with Crippen LogP contribution < -0.4 is 9.80 Å². The molecule has 1 atom stereocenters. The van der Waals surface area contributed by atoms with Crippen LogP contribution in [0.1, 0.15) is 23.7 Å². The minimum absolute atomic E-state index is 0.236. The highest BCUT2D eigenvalue weighted by Gasteiger charge is 2.41. The van der Waals surface area contributed by atoms with Crippen LogP contribution in [0.2, 0.25) is 0 Å². The molecule has 0 fully saturated rings. The molecule has 0 aliphatic carbocycles. The lowest BCUT2D eigenvalue weighted by Gasteiger charge is -2.51. The van der Waals surface area contributed by atoms with Gasteiger partial charge in [-0.15, -0.1) is 0 Å². The molecule has 3 aromatic carbocycles. The van der Waals surface area contributed by atoms with Gasteiger partial charge in [-0.1, -0.05) is 0 Å². The van der Waals surface area contributed by atoms with E-state index in [1.54, 1.807) is 37.6 Å². The molecule has 2 heterocycles. The molecule has 0 amide bonds. The number of aromatic carboxylic acids is 1. The summed E-state index contributed by atoms with van der Waals surface area (Å²) in [5.41, 5.74) is 4.37. The monoisotopic (exact) mass is 460 g/mol. The van der Waals surface area contributed by atoms with E-state index < -0.39 is 11.5 Å². The van der Waals surface area contributed by atoms with E-state index in [-0.39, 0.29) is 11.4 Å². The summed E-state index contributed by atoms with van der Waals surface area (Å²) in [5.74, 6) is -1.25. The van der Waals surface area contributed by atoms with Crippen molar-refractivity contribution in [1.29, 1.82) is 0 Å². The van der Waals surface area contributed by atoms with E-state index in [1.807, 2.05) is 12.1 Å². The van der Waals surface area contributed by atoms with Gasteiger partial charge in [0.2, 0.25) is 0 Å². The van der Waals surface area contributed by atoms with Gasteiger partial charge in [-0.05, 0) is 74.0 Å². The first kappa shape index (κ1) is 21.9. The Morgan fingerprint density at radius 2 is 1.82 bits per heavy atom. The van der Waals surface area contributed by atoms with Crippen molar-refractivity contribution in [3.05, 3.63) is 78.2 Å². The van der Waals surface area contributed by atoms with E-state index in [0.29, 0.717) is 19.6 Å². The van der Waals surface area contributed by atoms with Crippen molar-refractivity contribution in [2.24, 2.45) is 0 Å². The van der Waals surface area contributed by atoms with E-state index in [2.05, 4.69) is 39.1 Å². The van der Waals surface area contributed by atoms with Crippen LogP contribution in [0.25, 0.3) is 10.9 Å². The molecular weight excluding hydrogens is 435 g/mol. The lowest BCUT2D eigenvalue weighted by Crippen LogP contribution is -2.55. The fourth-order valence-corrected chi connectivity index (χ4v) is 4.72. The van der Waals surface area contributed by atoms with Gasteiger partial charge in [-0.3, -0.25) is 5.10 Å². The zero-order chi connectivity index (χ0) is 23.9. The predicted octanol–water partition coefficient (Wildman–Crippen LogP) is 5.49. The van der Waals surface area contributed by atoms with Gasteiger partial charge in [-0.2, -0.15) is 5.10 Å². The van der Waals surface area contributed by atoms with Crippen molar-refractivity contribution in [2.45, 2.75) is 18.9 Å². The number of hydrogen-bond acceptors (Lipinski definition) is 5. The van der Waals surface area contributed by atoms with Crippen LogP contribution in [0.15, 0.2) is 66.9 Å². The van der Waals surface area contributed by atoms with Gasteiger partial charge in [0.05, 0.1) is 34.2 Å². The molecule has 8 heteroatoms. The molecule has 0 radical (unpaired) electrons. The molecule has 7 nitrogen and oxygen atoms in total. The number of carboxylic acid groups (broad SMARTS) is 1. The summed E-state index contributed by atoms with van der Waals surface area (Å²) in [6, 6.07) is 17.6. The number of methoxy groups -OCH3 is 1. The van der Waals surface area contributed by atoms with Gasteiger partial charge < -0.3 is 19.6 Å².